The number of nitrogens with one attached hydrogen (secondary N) is 2. The van der Waals surface area contributed by atoms with E-state index in [9.17, 15) is 9.59 Å². The molecular formula is C19H22N2O2S. The maximum absolute atomic E-state index is 12.1. The van der Waals surface area contributed by atoms with Crippen LogP contribution in [0.2, 0.25) is 0 Å². The fourth-order valence-corrected chi connectivity index (χ4v) is 4.14. The summed E-state index contributed by atoms with van der Waals surface area (Å²) in [4.78, 5) is 26.0. The normalized spacial score (nSPS) is 12.8. The minimum atomic E-state index is -0.259. The van der Waals surface area contributed by atoms with Crippen molar-refractivity contribution in [2.24, 2.45) is 0 Å². The van der Waals surface area contributed by atoms with Crippen molar-refractivity contribution >= 4 is 23.2 Å². The molecule has 1 heterocycles. The van der Waals surface area contributed by atoms with Crippen LogP contribution in [0.1, 0.15) is 50.1 Å². The number of benzene rings is 1. The highest BCUT2D eigenvalue weighted by Gasteiger charge is 2.14. The quantitative estimate of drug-likeness (QED) is 0.839. The maximum Gasteiger partial charge on any atom is 0.279 e. The summed E-state index contributed by atoms with van der Waals surface area (Å²) in [5.41, 5.74) is 9.88. The summed E-state index contributed by atoms with van der Waals surface area (Å²) in [5, 5.41) is 0. The van der Waals surface area contributed by atoms with Gasteiger partial charge in [-0.2, -0.15) is 0 Å². The average molecular weight is 342 g/mol. The van der Waals surface area contributed by atoms with Gasteiger partial charge in [0.1, 0.15) is 0 Å². The van der Waals surface area contributed by atoms with Gasteiger partial charge in [-0.25, -0.2) is 0 Å². The molecule has 0 radical (unpaired) electrons. The van der Waals surface area contributed by atoms with Gasteiger partial charge in [0.25, 0.3) is 5.91 Å². The first kappa shape index (κ1) is 16.7. The minimum Gasteiger partial charge on any atom is -0.273 e. The molecule has 1 aromatic heterocycles. The van der Waals surface area contributed by atoms with E-state index in [1.165, 1.54) is 33.8 Å². The van der Waals surface area contributed by atoms with E-state index >= 15 is 0 Å². The topological polar surface area (TPSA) is 58.2 Å². The summed E-state index contributed by atoms with van der Waals surface area (Å²) < 4.78 is 0. The molecule has 4 nitrogen and oxygen atoms in total. The van der Waals surface area contributed by atoms with Gasteiger partial charge in [-0.1, -0.05) is 25.1 Å². The van der Waals surface area contributed by atoms with E-state index in [2.05, 4.69) is 29.9 Å². The molecule has 1 aliphatic rings. The van der Waals surface area contributed by atoms with Crippen LogP contribution >= 0.6 is 11.3 Å². The Kier molecular flexibility index (Phi) is 5.00. The molecule has 0 bridgehead atoms. The first-order valence-electron chi connectivity index (χ1n) is 8.36. The van der Waals surface area contributed by atoms with Crippen LogP contribution in [-0.2, 0) is 30.5 Å². The Bertz CT molecular complexity index is 780. The van der Waals surface area contributed by atoms with Gasteiger partial charge in [-0.3, -0.25) is 20.4 Å². The largest absolute Gasteiger partial charge is 0.279 e. The Hall–Kier alpha value is -2.14. The molecule has 0 saturated heterocycles. The predicted octanol–water partition coefficient (Wildman–Crippen LogP) is 3.11. The van der Waals surface area contributed by atoms with Crippen molar-refractivity contribution in [3.8, 4) is 0 Å². The Labute approximate surface area is 146 Å². The number of aryl methyl sites for hydroxylation is 4. The van der Waals surface area contributed by atoms with Crippen LogP contribution in [-0.4, -0.2) is 11.8 Å². The second kappa shape index (κ2) is 7.18. The van der Waals surface area contributed by atoms with Gasteiger partial charge in [0, 0.05) is 4.88 Å². The lowest BCUT2D eigenvalue weighted by Gasteiger charge is -2.07. The molecule has 0 saturated carbocycles. The smallest absolute Gasteiger partial charge is 0.273 e. The summed E-state index contributed by atoms with van der Waals surface area (Å²) in [6.07, 6.45) is 4.61. The van der Waals surface area contributed by atoms with E-state index in [1.54, 1.807) is 0 Å². The van der Waals surface area contributed by atoms with Crippen molar-refractivity contribution in [1.82, 2.24) is 10.9 Å². The van der Waals surface area contributed by atoms with Crippen LogP contribution in [0.5, 0.6) is 0 Å². The Morgan fingerprint density at radius 2 is 1.92 bits per heavy atom. The summed E-state index contributed by atoms with van der Waals surface area (Å²) in [6, 6.07) is 8.09. The van der Waals surface area contributed by atoms with Crippen molar-refractivity contribution < 1.29 is 9.59 Å². The molecule has 0 spiro atoms. The van der Waals surface area contributed by atoms with Crippen LogP contribution in [0.3, 0.4) is 0 Å². The second-order valence-electron chi connectivity index (χ2n) is 6.21. The van der Waals surface area contributed by atoms with E-state index in [4.69, 9.17) is 0 Å². The number of hydrogen-bond acceptors (Lipinski definition) is 3. The summed E-state index contributed by atoms with van der Waals surface area (Å²) in [6.45, 7) is 4.07. The fraction of sp³-hybridized carbons (Fsp3) is 0.368. The minimum absolute atomic E-state index is 0.203. The number of rotatable bonds is 4. The molecule has 24 heavy (non-hydrogen) atoms. The molecule has 126 valence electrons. The number of amides is 2. The SMILES string of the molecule is CCc1sc(C(=O)NNC(=O)Cc2ccc3c(c2)CCC3)cc1C. The molecule has 2 N–H and O–H groups in total. The lowest BCUT2D eigenvalue weighted by atomic mass is 10.0. The number of fused-ring (bicyclic) bond motifs is 1. The predicted molar refractivity (Wildman–Crippen MR) is 96.2 cm³/mol. The van der Waals surface area contributed by atoms with E-state index < -0.39 is 0 Å². The van der Waals surface area contributed by atoms with Crippen molar-refractivity contribution in [3.05, 3.63) is 56.3 Å². The van der Waals surface area contributed by atoms with Crippen LogP contribution in [0.15, 0.2) is 24.3 Å². The lowest BCUT2D eigenvalue weighted by molar-refractivity contribution is -0.121. The van der Waals surface area contributed by atoms with E-state index in [1.807, 2.05) is 19.1 Å². The zero-order valence-electron chi connectivity index (χ0n) is 14.1. The molecule has 0 atom stereocenters. The number of hydrazine groups is 1. The number of carbonyl (C=O) groups excluding carboxylic acids is 2. The third-order valence-electron chi connectivity index (χ3n) is 4.41. The molecule has 0 fully saturated rings. The van der Waals surface area contributed by atoms with Crippen molar-refractivity contribution in [2.75, 3.05) is 0 Å². The van der Waals surface area contributed by atoms with Gasteiger partial charge in [-0.15, -0.1) is 11.3 Å². The highest BCUT2D eigenvalue weighted by molar-refractivity contribution is 7.14. The molecule has 2 aromatic rings. The fourth-order valence-electron chi connectivity index (χ4n) is 3.14. The summed E-state index contributed by atoms with van der Waals surface area (Å²) in [5.74, 6) is -0.463. The van der Waals surface area contributed by atoms with Gasteiger partial charge in [0.15, 0.2) is 0 Å². The van der Waals surface area contributed by atoms with E-state index in [-0.39, 0.29) is 18.2 Å². The highest BCUT2D eigenvalue weighted by atomic mass is 32.1. The lowest BCUT2D eigenvalue weighted by Crippen LogP contribution is -2.42. The van der Waals surface area contributed by atoms with Crippen LogP contribution < -0.4 is 10.9 Å². The molecule has 0 unspecified atom stereocenters. The van der Waals surface area contributed by atoms with Crippen LogP contribution in [0.25, 0.3) is 0 Å². The number of carbonyl (C=O) groups is 2. The molecule has 1 aliphatic carbocycles. The van der Waals surface area contributed by atoms with Gasteiger partial charge < -0.3 is 0 Å². The standard InChI is InChI=1S/C19H22N2O2S/c1-3-16-12(2)9-17(24-16)19(23)21-20-18(22)11-13-7-8-14-5-4-6-15(14)10-13/h7-10H,3-6,11H2,1-2H3,(H,20,22)(H,21,23). The third kappa shape index (κ3) is 3.67. The summed E-state index contributed by atoms with van der Waals surface area (Å²) in [7, 11) is 0. The highest BCUT2D eigenvalue weighted by Crippen LogP contribution is 2.23. The maximum atomic E-state index is 12.1. The van der Waals surface area contributed by atoms with Crippen LogP contribution in [0, 0.1) is 6.92 Å². The van der Waals surface area contributed by atoms with Gasteiger partial charge in [-0.05, 0) is 60.9 Å². The molecule has 2 amide bonds. The van der Waals surface area contributed by atoms with Crippen LogP contribution in [0.4, 0.5) is 0 Å². The first-order chi connectivity index (χ1) is 11.6. The number of hydrogen-bond donors (Lipinski definition) is 2. The monoisotopic (exact) mass is 342 g/mol. The van der Waals surface area contributed by atoms with Crippen molar-refractivity contribution in [3.63, 3.8) is 0 Å². The van der Waals surface area contributed by atoms with Gasteiger partial charge in [0.05, 0.1) is 11.3 Å². The molecule has 5 heteroatoms. The number of thiophene rings is 1. The molecule has 0 aliphatic heterocycles. The summed E-state index contributed by atoms with van der Waals surface area (Å²) >= 11 is 1.47. The molecule has 3 rings (SSSR count). The van der Waals surface area contributed by atoms with Crippen molar-refractivity contribution in [2.45, 2.75) is 46.0 Å². The zero-order chi connectivity index (χ0) is 17.1. The Morgan fingerprint density at radius 3 is 2.67 bits per heavy atom. The Morgan fingerprint density at radius 1 is 1.12 bits per heavy atom. The second-order valence-corrected chi connectivity index (χ2v) is 7.34. The average Bonchev–Trinajstić information content (AvgIpc) is 3.18. The zero-order valence-corrected chi connectivity index (χ0v) is 14.9. The van der Waals surface area contributed by atoms with Crippen molar-refractivity contribution in [1.29, 1.82) is 0 Å². The molecule has 1 aromatic carbocycles. The van der Waals surface area contributed by atoms with Gasteiger partial charge >= 0.3 is 0 Å². The van der Waals surface area contributed by atoms with E-state index in [0.717, 1.165) is 30.4 Å². The third-order valence-corrected chi connectivity index (χ3v) is 5.79. The van der Waals surface area contributed by atoms with Gasteiger partial charge in [0.2, 0.25) is 5.91 Å². The first-order valence-corrected chi connectivity index (χ1v) is 9.17. The van der Waals surface area contributed by atoms with E-state index in [0.29, 0.717) is 4.88 Å². The molecular weight excluding hydrogens is 320 g/mol. The Balaban J connectivity index is 1.54.